The van der Waals surface area contributed by atoms with Crippen LogP contribution in [0.5, 0.6) is 0 Å². The summed E-state index contributed by atoms with van der Waals surface area (Å²) < 4.78 is 12.9. The molecule has 24 heavy (non-hydrogen) atoms. The molecule has 2 aromatic rings. The summed E-state index contributed by atoms with van der Waals surface area (Å²) in [5, 5.41) is 11.2. The predicted octanol–water partition coefficient (Wildman–Crippen LogP) is 2.72. The van der Waals surface area contributed by atoms with E-state index in [4.69, 9.17) is 5.26 Å². The van der Waals surface area contributed by atoms with Crippen molar-refractivity contribution in [3.05, 3.63) is 65.5 Å². The minimum Gasteiger partial charge on any atom is -0.325 e. The SMILES string of the molecule is CC(=O)C(C#N)C(=O)Nc1ccc(C(=O)c2ccc(F)cc2)cc1. The van der Waals surface area contributed by atoms with Gasteiger partial charge in [-0.3, -0.25) is 14.4 Å². The molecule has 0 saturated carbocycles. The second-order valence-electron chi connectivity index (χ2n) is 5.08. The first-order valence-corrected chi connectivity index (χ1v) is 7.03. The molecule has 1 amide bonds. The lowest BCUT2D eigenvalue weighted by Crippen LogP contribution is -2.26. The molecule has 120 valence electrons. The van der Waals surface area contributed by atoms with Gasteiger partial charge in [-0.25, -0.2) is 4.39 Å². The minimum absolute atomic E-state index is 0.286. The monoisotopic (exact) mass is 324 g/mol. The van der Waals surface area contributed by atoms with Gasteiger partial charge in [0.2, 0.25) is 5.91 Å². The molecule has 0 aliphatic carbocycles. The third-order valence-electron chi connectivity index (χ3n) is 3.32. The molecule has 0 fully saturated rings. The molecule has 5 nitrogen and oxygen atoms in total. The van der Waals surface area contributed by atoms with E-state index in [0.717, 1.165) is 6.92 Å². The second-order valence-corrected chi connectivity index (χ2v) is 5.08. The van der Waals surface area contributed by atoms with Gasteiger partial charge in [-0.05, 0) is 55.5 Å². The summed E-state index contributed by atoms with van der Waals surface area (Å²) in [6.07, 6.45) is 0. The molecule has 1 N–H and O–H groups in total. The van der Waals surface area contributed by atoms with E-state index >= 15 is 0 Å². The number of ketones is 2. The smallest absolute Gasteiger partial charge is 0.249 e. The molecule has 0 aliphatic heterocycles. The van der Waals surface area contributed by atoms with Gasteiger partial charge in [-0.15, -0.1) is 0 Å². The molecule has 0 bridgehead atoms. The number of amides is 1. The average Bonchev–Trinajstić information content (AvgIpc) is 2.56. The highest BCUT2D eigenvalue weighted by molar-refractivity contribution is 6.10. The van der Waals surface area contributed by atoms with Crippen molar-refractivity contribution in [2.24, 2.45) is 5.92 Å². The minimum atomic E-state index is -1.37. The Morgan fingerprint density at radius 1 is 1.00 bits per heavy atom. The summed E-state index contributed by atoms with van der Waals surface area (Å²) in [4.78, 5) is 35.2. The predicted molar refractivity (Wildman–Crippen MR) is 84.7 cm³/mol. The fourth-order valence-corrected chi connectivity index (χ4v) is 2.02. The largest absolute Gasteiger partial charge is 0.325 e. The van der Waals surface area contributed by atoms with Gasteiger partial charge in [0.05, 0.1) is 6.07 Å². The van der Waals surface area contributed by atoms with Gasteiger partial charge in [0, 0.05) is 16.8 Å². The van der Waals surface area contributed by atoms with Crippen molar-refractivity contribution >= 4 is 23.2 Å². The van der Waals surface area contributed by atoms with Crippen LogP contribution in [0.4, 0.5) is 10.1 Å². The van der Waals surface area contributed by atoms with Crippen molar-refractivity contribution in [1.82, 2.24) is 0 Å². The highest BCUT2D eigenvalue weighted by Gasteiger charge is 2.22. The van der Waals surface area contributed by atoms with E-state index in [1.54, 1.807) is 6.07 Å². The van der Waals surface area contributed by atoms with Crippen LogP contribution in [0.2, 0.25) is 0 Å². The van der Waals surface area contributed by atoms with Gasteiger partial charge in [-0.1, -0.05) is 0 Å². The molecule has 1 atom stereocenters. The standard InChI is InChI=1S/C18H13FN2O3/c1-11(22)16(10-20)18(24)21-15-8-4-13(5-9-15)17(23)12-2-6-14(19)7-3-12/h2-9,16H,1H3,(H,21,24). The Hall–Kier alpha value is -3.33. The Balaban J connectivity index is 2.12. The number of hydrogen-bond donors (Lipinski definition) is 1. The molecule has 2 rings (SSSR count). The highest BCUT2D eigenvalue weighted by Crippen LogP contribution is 2.15. The van der Waals surface area contributed by atoms with Crippen LogP contribution in [0.3, 0.4) is 0 Å². The topological polar surface area (TPSA) is 87.0 Å². The quantitative estimate of drug-likeness (QED) is 0.676. The van der Waals surface area contributed by atoms with Crippen LogP contribution < -0.4 is 5.32 Å². The van der Waals surface area contributed by atoms with Crippen LogP contribution in [0.15, 0.2) is 48.5 Å². The number of carbonyl (C=O) groups is 3. The summed E-state index contributed by atoms with van der Waals surface area (Å²) in [7, 11) is 0. The lowest BCUT2D eigenvalue weighted by atomic mass is 10.0. The Morgan fingerprint density at radius 2 is 1.50 bits per heavy atom. The zero-order chi connectivity index (χ0) is 17.7. The molecular formula is C18H13FN2O3. The second kappa shape index (κ2) is 7.29. The van der Waals surface area contributed by atoms with Crippen molar-refractivity contribution in [3.63, 3.8) is 0 Å². The summed E-state index contributed by atoms with van der Waals surface area (Å²) in [6, 6.07) is 12.8. The number of anilines is 1. The van der Waals surface area contributed by atoms with Gasteiger partial charge in [-0.2, -0.15) is 5.26 Å². The number of nitrogens with one attached hydrogen (secondary N) is 1. The summed E-state index contributed by atoms with van der Waals surface area (Å²) in [5.74, 6) is -3.35. The zero-order valence-electron chi connectivity index (χ0n) is 12.7. The molecule has 0 heterocycles. The van der Waals surface area contributed by atoms with Crippen molar-refractivity contribution < 1.29 is 18.8 Å². The van der Waals surface area contributed by atoms with Crippen molar-refractivity contribution in [2.45, 2.75) is 6.92 Å². The number of hydrogen-bond acceptors (Lipinski definition) is 4. The molecule has 2 aromatic carbocycles. The normalized spacial score (nSPS) is 11.2. The average molecular weight is 324 g/mol. The Kier molecular flexibility index (Phi) is 5.17. The molecule has 6 heteroatoms. The maximum atomic E-state index is 12.9. The van der Waals surface area contributed by atoms with E-state index in [1.165, 1.54) is 48.5 Å². The van der Waals surface area contributed by atoms with Crippen LogP contribution in [0, 0.1) is 23.1 Å². The van der Waals surface area contributed by atoms with Crippen LogP contribution in [0.25, 0.3) is 0 Å². The lowest BCUT2D eigenvalue weighted by Gasteiger charge is -2.08. The van der Waals surface area contributed by atoms with Gasteiger partial charge < -0.3 is 5.32 Å². The Bertz CT molecular complexity index is 821. The molecule has 0 spiro atoms. The van der Waals surface area contributed by atoms with Crippen LogP contribution in [-0.4, -0.2) is 17.5 Å². The first-order valence-electron chi connectivity index (χ1n) is 7.03. The summed E-state index contributed by atoms with van der Waals surface area (Å²) >= 11 is 0. The Morgan fingerprint density at radius 3 is 1.96 bits per heavy atom. The molecular weight excluding hydrogens is 311 g/mol. The first-order chi connectivity index (χ1) is 11.4. The fraction of sp³-hybridized carbons (Fsp3) is 0.111. The van der Waals surface area contributed by atoms with Crippen molar-refractivity contribution in [3.8, 4) is 6.07 Å². The number of rotatable bonds is 5. The lowest BCUT2D eigenvalue weighted by molar-refractivity contribution is -0.127. The number of halogens is 1. The fourth-order valence-electron chi connectivity index (χ4n) is 2.02. The van der Waals surface area contributed by atoms with Gasteiger partial charge >= 0.3 is 0 Å². The van der Waals surface area contributed by atoms with E-state index in [-0.39, 0.29) is 5.78 Å². The maximum Gasteiger partial charge on any atom is 0.249 e. The van der Waals surface area contributed by atoms with Crippen LogP contribution >= 0.6 is 0 Å². The number of Topliss-reactive ketones (excluding diaryl/α,β-unsaturated/α-hetero) is 1. The van der Waals surface area contributed by atoms with Crippen LogP contribution in [0.1, 0.15) is 22.8 Å². The van der Waals surface area contributed by atoms with Gasteiger partial charge in [0.15, 0.2) is 17.5 Å². The van der Waals surface area contributed by atoms with Gasteiger partial charge in [0.25, 0.3) is 0 Å². The van der Waals surface area contributed by atoms with E-state index in [2.05, 4.69) is 5.32 Å². The van der Waals surface area contributed by atoms with Crippen molar-refractivity contribution in [2.75, 3.05) is 5.32 Å². The molecule has 0 saturated heterocycles. The van der Waals surface area contributed by atoms with Crippen molar-refractivity contribution in [1.29, 1.82) is 5.26 Å². The van der Waals surface area contributed by atoms with E-state index in [1.807, 2.05) is 0 Å². The number of benzene rings is 2. The zero-order valence-corrected chi connectivity index (χ0v) is 12.7. The van der Waals surface area contributed by atoms with Crippen LogP contribution in [-0.2, 0) is 9.59 Å². The third kappa shape index (κ3) is 3.90. The molecule has 0 aromatic heterocycles. The summed E-state index contributed by atoms with van der Waals surface area (Å²) in [5.41, 5.74) is 1.06. The van der Waals surface area contributed by atoms with E-state index in [0.29, 0.717) is 16.8 Å². The number of carbonyl (C=O) groups excluding carboxylic acids is 3. The first kappa shape index (κ1) is 17.0. The summed E-state index contributed by atoms with van der Waals surface area (Å²) in [6.45, 7) is 1.16. The molecule has 1 unspecified atom stereocenters. The van der Waals surface area contributed by atoms with E-state index < -0.39 is 23.4 Å². The number of nitriles is 1. The van der Waals surface area contributed by atoms with Gasteiger partial charge in [0.1, 0.15) is 5.82 Å². The molecule has 0 radical (unpaired) electrons. The highest BCUT2D eigenvalue weighted by atomic mass is 19.1. The third-order valence-corrected chi connectivity index (χ3v) is 3.32. The Labute approximate surface area is 137 Å². The maximum absolute atomic E-state index is 12.9. The molecule has 0 aliphatic rings. The number of nitrogens with zero attached hydrogens (tertiary/aromatic N) is 1. The van der Waals surface area contributed by atoms with E-state index in [9.17, 15) is 18.8 Å².